The van der Waals surface area contributed by atoms with Crippen LogP contribution in [0.15, 0.2) is 36.7 Å². The van der Waals surface area contributed by atoms with E-state index in [0.717, 1.165) is 29.1 Å². The zero-order valence-corrected chi connectivity index (χ0v) is 10.4. The van der Waals surface area contributed by atoms with Gasteiger partial charge in [0, 0.05) is 23.2 Å². The lowest BCUT2D eigenvalue weighted by Crippen LogP contribution is -2.04. The Kier molecular flexibility index (Phi) is 2.91. The maximum absolute atomic E-state index is 13.6. The maximum atomic E-state index is 13.6. The van der Waals surface area contributed by atoms with E-state index in [2.05, 4.69) is 10.1 Å². The third kappa shape index (κ3) is 2.29. The van der Waals surface area contributed by atoms with E-state index < -0.39 is 11.6 Å². The molecule has 2 aromatic heterocycles. The molecule has 0 aliphatic rings. The van der Waals surface area contributed by atoms with Gasteiger partial charge in [0.05, 0.1) is 18.3 Å². The largest absolute Gasteiger partial charge is 0.260 e. The van der Waals surface area contributed by atoms with E-state index in [4.69, 9.17) is 11.6 Å². The fourth-order valence-corrected chi connectivity index (χ4v) is 2.05. The molecule has 0 radical (unpaired) electrons. The Morgan fingerprint density at radius 1 is 1.16 bits per heavy atom. The summed E-state index contributed by atoms with van der Waals surface area (Å²) < 4.78 is 28.3. The van der Waals surface area contributed by atoms with E-state index in [-0.39, 0.29) is 12.1 Å². The van der Waals surface area contributed by atoms with E-state index in [1.54, 1.807) is 23.1 Å². The van der Waals surface area contributed by atoms with Crippen molar-refractivity contribution >= 4 is 22.5 Å². The number of fused-ring (bicyclic) bond motifs is 1. The van der Waals surface area contributed by atoms with Crippen molar-refractivity contribution < 1.29 is 8.78 Å². The Labute approximate surface area is 112 Å². The average Bonchev–Trinajstić information content (AvgIpc) is 2.77. The van der Waals surface area contributed by atoms with E-state index in [1.807, 2.05) is 0 Å². The standard InChI is InChI=1S/C13H8ClF2N3/c14-13-4-12-9(5-17-13)6-18-19(12)7-8-3-10(15)1-2-11(8)16/h1-6H,7H2. The second-order valence-corrected chi connectivity index (χ2v) is 4.49. The van der Waals surface area contributed by atoms with Crippen molar-refractivity contribution in [3.63, 3.8) is 0 Å². The van der Waals surface area contributed by atoms with Crippen LogP contribution in [0.1, 0.15) is 5.56 Å². The minimum atomic E-state index is -0.479. The summed E-state index contributed by atoms with van der Waals surface area (Å²) in [5.74, 6) is -0.947. The topological polar surface area (TPSA) is 30.7 Å². The van der Waals surface area contributed by atoms with Gasteiger partial charge in [-0.3, -0.25) is 4.68 Å². The molecule has 6 heteroatoms. The zero-order valence-electron chi connectivity index (χ0n) is 9.65. The molecule has 0 amide bonds. The predicted octanol–water partition coefficient (Wildman–Crippen LogP) is 3.41. The fraction of sp³-hybridized carbons (Fsp3) is 0.0769. The fourth-order valence-electron chi connectivity index (χ4n) is 1.90. The SMILES string of the molecule is Fc1ccc(F)c(Cn2ncc3cnc(Cl)cc32)c1. The number of aromatic nitrogens is 3. The Morgan fingerprint density at radius 2 is 2.00 bits per heavy atom. The van der Waals surface area contributed by atoms with Gasteiger partial charge in [0.2, 0.25) is 0 Å². The molecule has 0 aliphatic heterocycles. The van der Waals surface area contributed by atoms with Gasteiger partial charge in [-0.05, 0) is 18.2 Å². The molecule has 0 unspecified atom stereocenters. The molecule has 0 fully saturated rings. The van der Waals surface area contributed by atoms with Crippen molar-refractivity contribution in [1.29, 1.82) is 0 Å². The number of halogens is 3. The normalized spacial score (nSPS) is 11.1. The van der Waals surface area contributed by atoms with E-state index >= 15 is 0 Å². The Hall–Kier alpha value is -2.01. The van der Waals surface area contributed by atoms with Crippen molar-refractivity contribution in [3.05, 3.63) is 59.0 Å². The van der Waals surface area contributed by atoms with Crippen molar-refractivity contribution in [3.8, 4) is 0 Å². The maximum Gasteiger partial charge on any atom is 0.131 e. The lowest BCUT2D eigenvalue weighted by Gasteiger charge is -2.05. The van der Waals surface area contributed by atoms with Gasteiger partial charge in [0.1, 0.15) is 16.8 Å². The van der Waals surface area contributed by atoms with Crippen LogP contribution >= 0.6 is 11.6 Å². The van der Waals surface area contributed by atoms with Crippen LogP contribution in [-0.4, -0.2) is 14.8 Å². The molecule has 2 heterocycles. The van der Waals surface area contributed by atoms with Crippen LogP contribution in [0, 0.1) is 11.6 Å². The third-order valence-corrected chi connectivity index (χ3v) is 3.03. The Balaban J connectivity index is 2.05. The second-order valence-electron chi connectivity index (χ2n) is 4.10. The molecule has 0 saturated carbocycles. The smallest absolute Gasteiger partial charge is 0.131 e. The highest BCUT2D eigenvalue weighted by atomic mass is 35.5. The van der Waals surface area contributed by atoms with Gasteiger partial charge >= 0.3 is 0 Å². The van der Waals surface area contributed by atoms with E-state index in [9.17, 15) is 8.78 Å². The third-order valence-electron chi connectivity index (χ3n) is 2.82. The van der Waals surface area contributed by atoms with Gasteiger partial charge in [0.25, 0.3) is 0 Å². The van der Waals surface area contributed by atoms with Crippen LogP contribution in [0.5, 0.6) is 0 Å². The first kappa shape index (κ1) is 12.0. The van der Waals surface area contributed by atoms with Gasteiger partial charge < -0.3 is 0 Å². The average molecular weight is 280 g/mol. The van der Waals surface area contributed by atoms with E-state index in [1.165, 1.54) is 0 Å². The van der Waals surface area contributed by atoms with Crippen LogP contribution in [0.3, 0.4) is 0 Å². The van der Waals surface area contributed by atoms with E-state index in [0.29, 0.717) is 5.15 Å². The molecule has 0 atom stereocenters. The number of pyridine rings is 1. The van der Waals surface area contributed by atoms with Crippen molar-refractivity contribution in [1.82, 2.24) is 14.8 Å². The quantitative estimate of drug-likeness (QED) is 0.673. The summed E-state index contributed by atoms with van der Waals surface area (Å²) in [6.45, 7) is 0.132. The number of nitrogens with zero attached hydrogens (tertiary/aromatic N) is 3. The molecule has 96 valence electrons. The van der Waals surface area contributed by atoms with Crippen LogP contribution in [0.25, 0.3) is 10.9 Å². The summed E-state index contributed by atoms with van der Waals surface area (Å²) in [5, 5.41) is 5.25. The van der Waals surface area contributed by atoms with Gasteiger partial charge in [-0.2, -0.15) is 5.10 Å². The molecule has 3 aromatic rings. The molecule has 3 nitrogen and oxygen atoms in total. The van der Waals surface area contributed by atoms with Crippen LogP contribution in [0.4, 0.5) is 8.78 Å². The van der Waals surface area contributed by atoms with Crippen molar-refractivity contribution in [2.45, 2.75) is 6.54 Å². The monoisotopic (exact) mass is 279 g/mol. The number of benzene rings is 1. The number of hydrogen-bond donors (Lipinski definition) is 0. The summed E-state index contributed by atoms with van der Waals surface area (Å²) >= 11 is 5.82. The molecular weight excluding hydrogens is 272 g/mol. The first-order valence-corrected chi connectivity index (χ1v) is 5.92. The summed E-state index contributed by atoms with van der Waals surface area (Å²) in [7, 11) is 0. The van der Waals surface area contributed by atoms with Crippen molar-refractivity contribution in [2.75, 3.05) is 0 Å². The summed E-state index contributed by atoms with van der Waals surface area (Å²) in [6.07, 6.45) is 3.19. The number of hydrogen-bond acceptors (Lipinski definition) is 2. The van der Waals surface area contributed by atoms with Gasteiger partial charge in [-0.25, -0.2) is 13.8 Å². The minimum absolute atomic E-state index is 0.132. The molecule has 0 spiro atoms. The minimum Gasteiger partial charge on any atom is -0.260 e. The van der Waals surface area contributed by atoms with Crippen molar-refractivity contribution in [2.24, 2.45) is 0 Å². The molecule has 0 bridgehead atoms. The molecular formula is C13H8ClF2N3. The molecule has 0 aliphatic carbocycles. The Morgan fingerprint density at radius 3 is 2.84 bits per heavy atom. The summed E-state index contributed by atoms with van der Waals surface area (Å²) in [6, 6.07) is 4.98. The molecule has 19 heavy (non-hydrogen) atoms. The first-order valence-electron chi connectivity index (χ1n) is 5.54. The highest BCUT2D eigenvalue weighted by Crippen LogP contribution is 2.19. The lowest BCUT2D eigenvalue weighted by molar-refractivity contribution is 0.570. The van der Waals surface area contributed by atoms with Crippen LogP contribution in [0.2, 0.25) is 5.15 Å². The molecule has 0 saturated heterocycles. The molecule has 3 rings (SSSR count). The summed E-state index contributed by atoms with van der Waals surface area (Å²) in [5.41, 5.74) is 0.960. The first-order chi connectivity index (χ1) is 9.13. The van der Waals surface area contributed by atoms with Crippen LogP contribution < -0.4 is 0 Å². The van der Waals surface area contributed by atoms with Gasteiger partial charge in [0.15, 0.2) is 0 Å². The molecule has 0 N–H and O–H groups in total. The number of rotatable bonds is 2. The zero-order chi connectivity index (χ0) is 13.4. The Bertz CT molecular complexity index is 755. The lowest BCUT2D eigenvalue weighted by atomic mass is 10.2. The second kappa shape index (κ2) is 4.59. The summed E-state index contributed by atoms with van der Waals surface area (Å²) in [4.78, 5) is 3.94. The highest BCUT2D eigenvalue weighted by molar-refractivity contribution is 6.29. The molecule has 1 aromatic carbocycles. The van der Waals surface area contributed by atoms with Gasteiger partial charge in [-0.15, -0.1) is 0 Å². The van der Waals surface area contributed by atoms with Crippen LogP contribution in [-0.2, 0) is 6.54 Å². The highest BCUT2D eigenvalue weighted by Gasteiger charge is 2.09. The van der Waals surface area contributed by atoms with Gasteiger partial charge in [-0.1, -0.05) is 11.6 Å². The predicted molar refractivity (Wildman–Crippen MR) is 68.0 cm³/mol.